The van der Waals surface area contributed by atoms with Crippen LogP contribution in [0.1, 0.15) is 6.92 Å². The molecular formula is C8H15NO7. The zero-order valence-corrected chi connectivity index (χ0v) is 8.59. The van der Waals surface area contributed by atoms with E-state index in [-0.39, 0.29) is 5.06 Å². The maximum atomic E-state index is 10.8. The minimum atomic E-state index is -1.66. The predicted molar refractivity (Wildman–Crippen MR) is 48.1 cm³/mol. The van der Waals surface area contributed by atoms with Gasteiger partial charge in [0.15, 0.2) is 6.23 Å². The average molecular weight is 237 g/mol. The van der Waals surface area contributed by atoms with Crippen LogP contribution in [-0.2, 0) is 9.53 Å². The quantitative estimate of drug-likeness (QED) is 0.256. The molecule has 0 radical (unpaired) electrons. The summed E-state index contributed by atoms with van der Waals surface area (Å²) < 4.78 is 4.90. The third-order valence-corrected chi connectivity index (χ3v) is 2.43. The Kier molecular flexibility index (Phi) is 4.19. The first-order valence-electron chi connectivity index (χ1n) is 4.69. The molecule has 0 aromatic rings. The fraction of sp³-hybridized carbons (Fsp3) is 0.875. The highest BCUT2D eigenvalue weighted by molar-refractivity contribution is 5.72. The number of hydrogen-bond donors (Lipinski definition) is 5. The summed E-state index contributed by atoms with van der Waals surface area (Å²) in [6, 6.07) is 0. The zero-order chi connectivity index (χ0) is 12.5. The maximum Gasteiger partial charge on any atom is 0.245 e. The second-order valence-electron chi connectivity index (χ2n) is 3.58. The van der Waals surface area contributed by atoms with E-state index in [4.69, 9.17) is 9.84 Å². The molecule has 5 atom stereocenters. The molecule has 1 fully saturated rings. The summed E-state index contributed by atoms with van der Waals surface area (Å²) in [5, 5.41) is 46.4. The van der Waals surface area contributed by atoms with Gasteiger partial charge in [0.25, 0.3) is 0 Å². The van der Waals surface area contributed by atoms with E-state index in [0.717, 1.165) is 6.92 Å². The van der Waals surface area contributed by atoms with E-state index in [0.29, 0.717) is 0 Å². The van der Waals surface area contributed by atoms with Gasteiger partial charge in [0.1, 0.15) is 24.4 Å². The number of hydroxylamine groups is 2. The highest BCUT2D eigenvalue weighted by Crippen LogP contribution is 2.22. The molecule has 0 aromatic carbocycles. The van der Waals surface area contributed by atoms with Crippen LogP contribution in [0.2, 0.25) is 0 Å². The van der Waals surface area contributed by atoms with E-state index in [9.17, 15) is 25.3 Å². The molecule has 0 spiro atoms. The summed E-state index contributed by atoms with van der Waals surface area (Å²) in [6.45, 7) is 0.411. The van der Waals surface area contributed by atoms with Crippen molar-refractivity contribution in [3.05, 3.63) is 0 Å². The van der Waals surface area contributed by atoms with Gasteiger partial charge in [-0.15, -0.1) is 0 Å². The third-order valence-electron chi connectivity index (χ3n) is 2.43. The molecule has 1 rings (SSSR count). The molecule has 0 unspecified atom stereocenters. The minimum Gasteiger partial charge on any atom is -0.394 e. The molecule has 0 aliphatic carbocycles. The van der Waals surface area contributed by atoms with Gasteiger partial charge in [-0.3, -0.25) is 10.0 Å². The summed E-state index contributed by atoms with van der Waals surface area (Å²) in [6.07, 6.45) is -7.47. The number of nitrogens with zero attached hydrogens (tertiary/aromatic N) is 1. The van der Waals surface area contributed by atoms with Gasteiger partial charge in [0, 0.05) is 6.92 Å². The van der Waals surface area contributed by atoms with Crippen LogP contribution in [0.25, 0.3) is 0 Å². The third kappa shape index (κ3) is 2.32. The van der Waals surface area contributed by atoms with Crippen molar-refractivity contribution in [2.45, 2.75) is 37.6 Å². The lowest BCUT2D eigenvalue weighted by Crippen LogP contribution is -2.63. The SMILES string of the molecule is CC(=O)N(O)[C@@H]1O[C@H](CO)[C@H](O)[C@H](O)[C@H]1O. The van der Waals surface area contributed by atoms with Crippen molar-refractivity contribution in [3.8, 4) is 0 Å². The number of carbonyl (C=O) groups is 1. The van der Waals surface area contributed by atoms with Crippen molar-refractivity contribution in [3.63, 3.8) is 0 Å². The molecule has 0 saturated carbocycles. The van der Waals surface area contributed by atoms with Crippen LogP contribution in [-0.4, -0.2) is 73.9 Å². The highest BCUT2D eigenvalue weighted by atomic mass is 16.6. The van der Waals surface area contributed by atoms with Crippen molar-refractivity contribution in [1.29, 1.82) is 0 Å². The van der Waals surface area contributed by atoms with Gasteiger partial charge in [0.2, 0.25) is 5.91 Å². The Hall–Kier alpha value is -0.770. The van der Waals surface area contributed by atoms with Crippen molar-refractivity contribution in [2.75, 3.05) is 6.61 Å². The van der Waals surface area contributed by atoms with Crippen molar-refractivity contribution in [1.82, 2.24) is 5.06 Å². The highest BCUT2D eigenvalue weighted by Gasteiger charge is 2.46. The number of aliphatic hydroxyl groups is 4. The molecule has 1 saturated heterocycles. The van der Waals surface area contributed by atoms with Gasteiger partial charge < -0.3 is 25.2 Å². The molecule has 1 amide bonds. The standard InChI is InChI=1S/C8H15NO7/c1-3(11)9(15)8-7(14)6(13)5(12)4(2-10)16-8/h4-8,10,12-15H,2H2,1H3/t4-,5+,6+,7-,8-/m1/s1. The predicted octanol–water partition coefficient (Wildman–Crippen LogP) is -2.98. The van der Waals surface area contributed by atoms with E-state index in [1.165, 1.54) is 0 Å². The molecule has 1 aliphatic rings. The number of amides is 1. The Morgan fingerprint density at radius 2 is 1.81 bits per heavy atom. The Morgan fingerprint density at radius 3 is 2.25 bits per heavy atom. The van der Waals surface area contributed by atoms with Gasteiger partial charge in [0.05, 0.1) is 6.61 Å². The van der Waals surface area contributed by atoms with E-state index in [2.05, 4.69) is 0 Å². The number of ether oxygens (including phenoxy) is 1. The number of aliphatic hydroxyl groups excluding tert-OH is 4. The summed E-state index contributed by atoms with van der Waals surface area (Å²) in [5.41, 5.74) is 0. The van der Waals surface area contributed by atoms with Gasteiger partial charge in [-0.05, 0) is 0 Å². The van der Waals surface area contributed by atoms with E-state index < -0.39 is 43.2 Å². The molecule has 1 heterocycles. The summed E-state index contributed by atoms with van der Waals surface area (Å²) >= 11 is 0. The van der Waals surface area contributed by atoms with E-state index in [1.807, 2.05) is 0 Å². The van der Waals surface area contributed by atoms with Crippen LogP contribution >= 0.6 is 0 Å². The Bertz CT molecular complexity index is 259. The van der Waals surface area contributed by atoms with Gasteiger partial charge in [-0.2, -0.15) is 5.06 Å². The number of hydrogen-bond acceptors (Lipinski definition) is 7. The molecule has 8 nitrogen and oxygen atoms in total. The van der Waals surface area contributed by atoms with Gasteiger partial charge in [-0.1, -0.05) is 0 Å². The summed E-state index contributed by atoms with van der Waals surface area (Å²) in [7, 11) is 0. The smallest absolute Gasteiger partial charge is 0.245 e. The molecule has 0 aromatic heterocycles. The molecule has 1 aliphatic heterocycles. The first kappa shape index (κ1) is 13.3. The normalized spacial score (nSPS) is 39.5. The minimum absolute atomic E-state index is 0.0996. The Morgan fingerprint density at radius 1 is 1.25 bits per heavy atom. The van der Waals surface area contributed by atoms with Gasteiger partial charge in [-0.25, -0.2) is 0 Å². The first-order valence-corrected chi connectivity index (χ1v) is 4.69. The van der Waals surface area contributed by atoms with Crippen LogP contribution in [0.15, 0.2) is 0 Å². The maximum absolute atomic E-state index is 10.8. The molecular weight excluding hydrogens is 222 g/mol. The monoisotopic (exact) mass is 237 g/mol. The van der Waals surface area contributed by atoms with Crippen molar-refractivity contribution < 1.29 is 35.2 Å². The van der Waals surface area contributed by atoms with Crippen LogP contribution in [0, 0.1) is 0 Å². The molecule has 16 heavy (non-hydrogen) atoms. The largest absolute Gasteiger partial charge is 0.394 e. The molecule has 0 bridgehead atoms. The van der Waals surface area contributed by atoms with Crippen LogP contribution < -0.4 is 0 Å². The lowest BCUT2D eigenvalue weighted by molar-refractivity contribution is -0.308. The second-order valence-corrected chi connectivity index (χ2v) is 3.58. The second kappa shape index (κ2) is 5.04. The fourth-order valence-corrected chi connectivity index (χ4v) is 1.46. The number of rotatable bonds is 2. The number of carbonyl (C=O) groups excluding carboxylic acids is 1. The summed E-state index contributed by atoms with van der Waals surface area (Å²) in [5.74, 6) is -0.802. The fourth-order valence-electron chi connectivity index (χ4n) is 1.46. The van der Waals surface area contributed by atoms with Crippen molar-refractivity contribution in [2.24, 2.45) is 0 Å². The first-order chi connectivity index (χ1) is 7.40. The van der Waals surface area contributed by atoms with Gasteiger partial charge >= 0.3 is 0 Å². The lowest BCUT2D eigenvalue weighted by Gasteiger charge is -2.41. The molecule has 94 valence electrons. The lowest BCUT2D eigenvalue weighted by atomic mass is 9.98. The topological polar surface area (TPSA) is 131 Å². The Balaban J connectivity index is 2.82. The van der Waals surface area contributed by atoms with Crippen molar-refractivity contribution >= 4 is 5.91 Å². The van der Waals surface area contributed by atoms with E-state index >= 15 is 0 Å². The zero-order valence-electron chi connectivity index (χ0n) is 8.59. The van der Waals surface area contributed by atoms with Crippen LogP contribution in [0.4, 0.5) is 0 Å². The summed E-state index contributed by atoms with van der Waals surface area (Å²) in [4.78, 5) is 10.8. The molecule has 8 heteroatoms. The van der Waals surface area contributed by atoms with Crippen LogP contribution in [0.3, 0.4) is 0 Å². The average Bonchev–Trinajstić information content (AvgIpc) is 2.25. The Labute approximate surface area is 91.2 Å². The molecule has 5 N–H and O–H groups in total. The van der Waals surface area contributed by atoms with E-state index in [1.54, 1.807) is 0 Å². The van der Waals surface area contributed by atoms with Crippen LogP contribution in [0.5, 0.6) is 0 Å².